The van der Waals surface area contributed by atoms with Gasteiger partial charge in [0.25, 0.3) is 0 Å². The van der Waals surface area contributed by atoms with Crippen molar-refractivity contribution in [2.24, 2.45) is 17.7 Å². The van der Waals surface area contributed by atoms with E-state index in [2.05, 4.69) is 5.43 Å². The van der Waals surface area contributed by atoms with Gasteiger partial charge in [-0.05, 0) is 31.6 Å². The van der Waals surface area contributed by atoms with Gasteiger partial charge < -0.3 is 0 Å². The molecule has 0 bridgehead atoms. The predicted octanol–water partition coefficient (Wildman–Crippen LogP) is 2.60. The molecule has 0 aromatic rings. The molecule has 1 aliphatic rings. The Balaban J connectivity index is 2.55. The topological polar surface area (TPSA) is 38.0 Å². The lowest BCUT2D eigenvalue weighted by Crippen LogP contribution is -2.43. The highest BCUT2D eigenvalue weighted by Crippen LogP contribution is 2.41. The molecule has 1 saturated carbocycles. The molecule has 0 heterocycles. The normalized spacial score (nSPS) is 30.2. The Morgan fingerprint density at radius 1 is 1.40 bits per heavy atom. The SMILES string of the molecule is CCC(NN)C1CCCC(C(F)(F)F)C1. The zero-order valence-electron chi connectivity index (χ0n) is 8.98. The molecule has 0 spiro atoms. The minimum atomic E-state index is -4.04. The fraction of sp³-hybridized carbons (Fsp3) is 1.00. The lowest BCUT2D eigenvalue weighted by Gasteiger charge is -2.34. The predicted molar refractivity (Wildman–Crippen MR) is 52.9 cm³/mol. The van der Waals surface area contributed by atoms with Gasteiger partial charge in [-0.2, -0.15) is 13.2 Å². The molecule has 1 fully saturated rings. The second-order valence-corrected chi connectivity index (χ2v) is 4.35. The molecule has 15 heavy (non-hydrogen) atoms. The van der Waals surface area contributed by atoms with Crippen molar-refractivity contribution in [3.05, 3.63) is 0 Å². The lowest BCUT2D eigenvalue weighted by molar-refractivity contribution is -0.186. The summed E-state index contributed by atoms with van der Waals surface area (Å²) in [6.45, 7) is 1.95. The molecule has 0 aliphatic heterocycles. The summed E-state index contributed by atoms with van der Waals surface area (Å²) in [5.74, 6) is 4.28. The minimum absolute atomic E-state index is 0.0233. The number of hydrogen-bond acceptors (Lipinski definition) is 2. The standard InChI is InChI=1S/C10H19F3N2/c1-2-9(15-14)7-4-3-5-8(6-7)10(11,12)13/h7-9,15H,2-6,14H2,1H3. The highest BCUT2D eigenvalue weighted by molar-refractivity contribution is 4.83. The van der Waals surface area contributed by atoms with E-state index in [-0.39, 0.29) is 24.8 Å². The smallest absolute Gasteiger partial charge is 0.271 e. The van der Waals surface area contributed by atoms with Crippen molar-refractivity contribution < 1.29 is 13.2 Å². The summed E-state index contributed by atoms with van der Waals surface area (Å²) in [6, 6.07) is 0.0233. The number of hydrazine groups is 1. The third-order valence-electron chi connectivity index (χ3n) is 3.40. The molecule has 3 unspecified atom stereocenters. The second-order valence-electron chi connectivity index (χ2n) is 4.35. The highest BCUT2D eigenvalue weighted by atomic mass is 19.4. The van der Waals surface area contributed by atoms with Crippen LogP contribution in [0.4, 0.5) is 13.2 Å². The van der Waals surface area contributed by atoms with E-state index in [0.717, 1.165) is 12.8 Å². The average Bonchev–Trinajstić information content (AvgIpc) is 2.19. The number of nitrogens with one attached hydrogen (secondary N) is 1. The summed E-state index contributed by atoms with van der Waals surface area (Å²) < 4.78 is 37.6. The van der Waals surface area contributed by atoms with Crippen LogP contribution < -0.4 is 11.3 Å². The molecule has 0 amide bonds. The Hall–Kier alpha value is -0.290. The average molecular weight is 224 g/mol. The van der Waals surface area contributed by atoms with Gasteiger partial charge in [-0.1, -0.05) is 13.3 Å². The van der Waals surface area contributed by atoms with Crippen LogP contribution in [0.2, 0.25) is 0 Å². The fourth-order valence-corrected chi connectivity index (χ4v) is 2.48. The number of hydrogen-bond donors (Lipinski definition) is 2. The molecule has 3 N–H and O–H groups in total. The van der Waals surface area contributed by atoms with Gasteiger partial charge in [0.15, 0.2) is 0 Å². The van der Waals surface area contributed by atoms with Crippen molar-refractivity contribution in [1.82, 2.24) is 5.43 Å². The zero-order chi connectivity index (χ0) is 11.5. The fourth-order valence-electron chi connectivity index (χ4n) is 2.48. The van der Waals surface area contributed by atoms with Crippen LogP contribution in [0.1, 0.15) is 39.0 Å². The third kappa shape index (κ3) is 3.34. The van der Waals surface area contributed by atoms with Crippen LogP contribution >= 0.6 is 0 Å². The van der Waals surface area contributed by atoms with Gasteiger partial charge in [0.2, 0.25) is 0 Å². The monoisotopic (exact) mass is 224 g/mol. The Labute approximate surface area is 88.4 Å². The molecular weight excluding hydrogens is 205 g/mol. The van der Waals surface area contributed by atoms with Gasteiger partial charge in [0.1, 0.15) is 0 Å². The van der Waals surface area contributed by atoms with E-state index in [1.165, 1.54) is 0 Å². The first-order chi connectivity index (χ1) is 6.99. The molecule has 5 heteroatoms. The lowest BCUT2D eigenvalue weighted by atomic mass is 9.77. The van der Waals surface area contributed by atoms with Gasteiger partial charge in [0, 0.05) is 6.04 Å². The molecule has 1 rings (SSSR count). The van der Waals surface area contributed by atoms with Crippen LogP contribution in [0.25, 0.3) is 0 Å². The van der Waals surface area contributed by atoms with Gasteiger partial charge >= 0.3 is 6.18 Å². The summed E-state index contributed by atoms with van der Waals surface area (Å²) in [5.41, 5.74) is 2.63. The summed E-state index contributed by atoms with van der Waals surface area (Å²) >= 11 is 0. The van der Waals surface area contributed by atoms with Crippen LogP contribution in [0, 0.1) is 11.8 Å². The van der Waals surface area contributed by atoms with Crippen molar-refractivity contribution in [2.45, 2.75) is 51.2 Å². The van der Waals surface area contributed by atoms with Crippen LogP contribution in [0.3, 0.4) is 0 Å². The van der Waals surface area contributed by atoms with E-state index >= 15 is 0 Å². The molecule has 1 aliphatic carbocycles. The van der Waals surface area contributed by atoms with Crippen molar-refractivity contribution in [2.75, 3.05) is 0 Å². The highest BCUT2D eigenvalue weighted by Gasteiger charge is 2.43. The van der Waals surface area contributed by atoms with E-state index in [0.29, 0.717) is 6.42 Å². The summed E-state index contributed by atoms with van der Waals surface area (Å²) in [5, 5.41) is 0. The van der Waals surface area contributed by atoms with Crippen molar-refractivity contribution in [1.29, 1.82) is 0 Å². The van der Waals surface area contributed by atoms with E-state index in [4.69, 9.17) is 5.84 Å². The molecule has 0 aromatic carbocycles. The van der Waals surface area contributed by atoms with Crippen molar-refractivity contribution in [3.8, 4) is 0 Å². The van der Waals surface area contributed by atoms with Crippen LogP contribution in [0.15, 0.2) is 0 Å². The Kier molecular flexibility index (Phi) is 4.40. The molecule has 0 aromatic heterocycles. The van der Waals surface area contributed by atoms with E-state index in [1.807, 2.05) is 6.92 Å². The van der Waals surface area contributed by atoms with Crippen LogP contribution in [0.5, 0.6) is 0 Å². The molecule has 2 nitrogen and oxygen atoms in total. The Bertz CT molecular complexity index is 190. The van der Waals surface area contributed by atoms with E-state index in [9.17, 15) is 13.2 Å². The van der Waals surface area contributed by atoms with Crippen LogP contribution in [-0.2, 0) is 0 Å². The van der Waals surface area contributed by atoms with E-state index < -0.39 is 12.1 Å². The molecule has 0 saturated heterocycles. The molecule has 3 atom stereocenters. The Morgan fingerprint density at radius 3 is 2.53 bits per heavy atom. The number of alkyl halides is 3. The quantitative estimate of drug-likeness (QED) is 0.571. The summed E-state index contributed by atoms with van der Waals surface area (Å²) in [4.78, 5) is 0. The summed E-state index contributed by atoms with van der Waals surface area (Å²) in [6.07, 6.45) is -1.23. The van der Waals surface area contributed by atoms with Gasteiger partial charge in [-0.3, -0.25) is 11.3 Å². The van der Waals surface area contributed by atoms with Crippen molar-refractivity contribution in [3.63, 3.8) is 0 Å². The van der Waals surface area contributed by atoms with Crippen LogP contribution in [-0.4, -0.2) is 12.2 Å². The molecule has 0 radical (unpaired) electrons. The maximum Gasteiger partial charge on any atom is 0.391 e. The zero-order valence-corrected chi connectivity index (χ0v) is 8.98. The van der Waals surface area contributed by atoms with Gasteiger partial charge in [-0.25, -0.2) is 0 Å². The van der Waals surface area contributed by atoms with Crippen molar-refractivity contribution >= 4 is 0 Å². The summed E-state index contributed by atoms with van der Waals surface area (Å²) in [7, 11) is 0. The number of nitrogens with two attached hydrogens (primary N) is 1. The molecule has 90 valence electrons. The van der Waals surface area contributed by atoms with Gasteiger partial charge in [0.05, 0.1) is 5.92 Å². The maximum atomic E-state index is 12.5. The minimum Gasteiger partial charge on any atom is -0.271 e. The largest absolute Gasteiger partial charge is 0.391 e. The molecular formula is C10H19F3N2. The van der Waals surface area contributed by atoms with Gasteiger partial charge in [-0.15, -0.1) is 0 Å². The first-order valence-electron chi connectivity index (χ1n) is 5.51. The first kappa shape index (κ1) is 12.8. The number of rotatable bonds is 3. The van der Waals surface area contributed by atoms with E-state index in [1.54, 1.807) is 0 Å². The second kappa shape index (κ2) is 5.16. The maximum absolute atomic E-state index is 12.5. The first-order valence-corrected chi connectivity index (χ1v) is 5.51. The third-order valence-corrected chi connectivity index (χ3v) is 3.40. The Morgan fingerprint density at radius 2 is 2.07 bits per heavy atom. The number of halogens is 3.